The van der Waals surface area contributed by atoms with Crippen molar-refractivity contribution in [3.8, 4) is 11.3 Å². The van der Waals surface area contributed by atoms with Crippen LogP contribution in [0, 0.1) is 0 Å². The number of aromatic amines is 1. The highest BCUT2D eigenvalue weighted by Crippen LogP contribution is 2.36. The van der Waals surface area contributed by atoms with Gasteiger partial charge in [0.05, 0.1) is 5.69 Å². The molecule has 1 saturated heterocycles. The van der Waals surface area contributed by atoms with Gasteiger partial charge in [0.25, 0.3) is 0 Å². The van der Waals surface area contributed by atoms with Gasteiger partial charge in [-0.15, -0.1) is 0 Å². The van der Waals surface area contributed by atoms with Gasteiger partial charge in [-0.25, -0.2) is 0 Å². The molecule has 1 spiro atoms. The lowest BCUT2D eigenvalue weighted by atomic mass is 9.92. The lowest BCUT2D eigenvalue weighted by Crippen LogP contribution is -2.59. The summed E-state index contributed by atoms with van der Waals surface area (Å²) in [6, 6.07) is 11.5. The van der Waals surface area contributed by atoms with Crippen molar-refractivity contribution in [2.24, 2.45) is 0 Å². The van der Waals surface area contributed by atoms with Crippen LogP contribution in [0.3, 0.4) is 0 Å². The van der Waals surface area contributed by atoms with E-state index in [0.717, 1.165) is 30.9 Å². The first kappa shape index (κ1) is 15.5. The van der Waals surface area contributed by atoms with Gasteiger partial charge in [0, 0.05) is 37.8 Å². The minimum atomic E-state index is 0.0271. The van der Waals surface area contributed by atoms with Crippen LogP contribution in [0.2, 0.25) is 0 Å². The number of hydrogen-bond acceptors (Lipinski definition) is 4. The monoisotopic (exact) mass is 324 g/mol. The quantitative estimate of drug-likeness (QED) is 0.908. The number of piperazine rings is 1. The molecule has 5 heteroatoms. The van der Waals surface area contributed by atoms with Crippen LogP contribution < -0.4 is 10.7 Å². The molecule has 0 radical (unpaired) electrons. The van der Waals surface area contributed by atoms with Gasteiger partial charge in [-0.2, -0.15) is 5.10 Å². The molecule has 2 aromatic rings. The van der Waals surface area contributed by atoms with Crippen LogP contribution in [-0.2, 0) is 6.54 Å². The van der Waals surface area contributed by atoms with E-state index in [-0.39, 0.29) is 11.0 Å². The van der Waals surface area contributed by atoms with E-state index in [1.165, 1.54) is 25.7 Å². The zero-order chi connectivity index (χ0) is 16.4. The molecule has 1 saturated carbocycles. The van der Waals surface area contributed by atoms with Crippen molar-refractivity contribution in [3.63, 3.8) is 0 Å². The zero-order valence-corrected chi connectivity index (χ0v) is 13.9. The topological polar surface area (TPSA) is 61.0 Å². The van der Waals surface area contributed by atoms with Gasteiger partial charge in [-0.1, -0.05) is 43.2 Å². The van der Waals surface area contributed by atoms with E-state index in [2.05, 4.69) is 20.4 Å². The number of nitrogens with zero attached hydrogens (tertiary/aromatic N) is 2. The number of H-pyrrole nitrogens is 1. The summed E-state index contributed by atoms with van der Waals surface area (Å²) in [5.41, 5.74) is 2.65. The lowest BCUT2D eigenvalue weighted by Gasteiger charge is -2.45. The first-order valence-electron chi connectivity index (χ1n) is 8.87. The average molecular weight is 324 g/mol. The third-order valence-electron chi connectivity index (χ3n) is 5.51. The minimum absolute atomic E-state index is 0.0271. The molecular formula is C19H24N4O. The van der Waals surface area contributed by atoms with Crippen LogP contribution >= 0.6 is 0 Å². The van der Waals surface area contributed by atoms with Crippen LogP contribution in [0.15, 0.2) is 41.2 Å². The molecule has 2 aliphatic rings. The Morgan fingerprint density at radius 3 is 2.71 bits per heavy atom. The standard InChI is InChI=1S/C19H24N4O/c24-18-12-16(15-6-2-1-3-7-15)21-22-17(18)13-23-11-10-20-14-19(23)8-4-5-9-19/h1-3,6-7,12,20H,4-5,8-11,13-14H2,(H,21,24). The van der Waals surface area contributed by atoms with Crippen molar-refractivity contribution in [2.75, 3.05) is 19.6 Å². The summed E-state index contributed by atoms with van der Waals surface area (Å²) in [5.74, 6) is 0. The maximum atomic E-state index is 12.6. The van der Waals surface area contributed by atoms with Crippen LogP contribution in [0.4, 0.5) is 0 Å². The van der Waals surface area contributed by atoms with Crippen LogP contribution in [0.25, 0.3) is 11.3 Å². The van der Waals surface area contributed by atoms with Gasteiger partial charge >= 0.3 is 0 Å². The molecule has 4 rings (SSSR count). The van der Waals surface area contributed by atoms with Crippen molar-refractivity contribution >= 4 is 0 Å². The van der Waals surface area contributed by atoms with E-state index in [1.807, 2.05) is 30.3 Å². The normalized spacial score (nSPS) is 20.5. The average Bonchev–Trinajstić information content (AvgIpc) is 3.08. The Hall–Kier alpha value is -1.98. The van der Waals surface area contributed by atoms with Gasteiger partial charge in [0.2, 0.25) is 5.43 Å². The Kier molecular flexibility index (Phi) is 4.21. The third kappa shape index (κ3) is 2.89. The smallest absolute Gasteiger partial charge is 0.205 e. The van der Waals surface area contributed by atoms with Crippen molar-refractivity contribution in [1.82, 2.24) is 20.4 Å². The molecule has 5 nitrogen and oxygen atoms in total. The van der Waals surface area contributed by atoms with E-state index in [4.69, 9.17) is 0 Å². The third-order valence-corrected chi connectivity index (χ3v) is 5.51. The van der Waals surface area contributed by atoms with Gasteiger partial charge in [0.1, 0.15) is 5.69 Å². The maximum absolute atomic E-state index is 12.6. The largest absolute Gasteiger partial charge is 0.314 e. The predicted molar refractivity (Wildman–Crippen MR) is 94.8 cm³/mol. The van der Waals surface area contributed by atoms with Crippen molar-refractivity contribution in [1.29, 1.82) is 0 Å². The zero-order valence-electron chi connectivity index (χ0n) is 13.9. The van der Waals surface area contributed by atoms with E-state index in [1.54, 1.807) is 6.07 Å². The van der Waals surface area contributed by atoms with Gasteiger partial charge in [-0.05, 0) is 18.4 Å². The second kappa shape index (κ2) is 6.49. The molecule has 2 heterocycles. The summed E-state index contributed by atoms with van der Waals surface area (Å²) in [7, 11) is 0. The first-order valence-corrected chi connectivity index (χ1v) is 8.87. The summed E-state index contributed by atoms with van der Waals surface area (Å²) < 4.78 is 0. The molecule has 24 heavy (non-hydrogen) atoms. The number of nitrogens with one attached hydrogen (secondary N) is 2. The summed E-state index contributed by atoms with van der Waals surface area (Å²) in [5, 5.41) is 11.0. The lowest BCUT2D eigenvalue weighted by molar-refractivity contribution is 0.0555. The molecule has 1 aromatic heterocycles. The van der Waals surface area contributed by atoms with Gasteiger partial charge < -0.3 is 5.32 Å². The summed E-state index contributed by atoms with van der Waals surface area (Å²) in [6.07, 6.45) is 5.02. The van der Waals surface area contributed by atoms with Gasteiger partial charge in [-0.3, -0.25) is 14.8 Å². The van der Waals surface area contributed by atoms with E-state index < -0.39 is 0 Å². The Morgan fingerprint density at radius 1 is 1.17 bits per heavy atom. The second-order valence-corrected chi connectivity index (χ2v) is 6.99. The number of hydrogen-bond donors (Lipinski definition) is 2. The highest BCUT2D eigenvalue weighted by molar-refractivity contribution is 5.57. The van der Waals surface area contributed by atoms with Crippen molar-refractivity contribution in [2.45, 2.75) is 37.8 Å². The Balaban J connectivity index is 1.57. The van der Waals surface area contributed by atoms with E-state index in [9.17, 15) is 4.79 Å². The summed E-state index contributed by atoms with van der Waals surface area (Å²) in [4.78, 5) is 15.0. The highest BCUT2D eigenvalue weighted by Gasteiger charge is 2.41. The Labute approximate surface area is 142 Å². The summed E-state index contributed by atoms with van der Waals surface area (Å²) >= 11 is 0. The van der Waals surface area contributed by atoms with Crippen molar-refractivity contribution < 1.29 is 0 Å². The molecule has 1 aromatic carbocycles. The maximum Gasteiger partial charge on any atom is 0.205 e. The fourth-order valence-electron chi connectivity index (χ4n) is 4.15. The molecular weight excluding hydrogens is 300 g/mol. The number of benzene rings is 1. The number of rotatable bonds is 3. The SMILES string of the molecule is O=c1cc(-c2ccccc2)[nH]nc1CN1CCNCC12CCCC2. The first-order chi connectivity index (χ1) is 11.8. The molecule has 1 aliphatic carbocycles. The van der Waals surface area contributed by atoms with Crippen LogP contribution in [0.5, 0.6) is 0 Å². The molecule has 126 valence electrons. The molecule has 0 amide bonds. The molecule has 0 atom stereocenters. The van der Waals surface area contributed by atoms with Crippen molar-refractivity contribution in [3.05, 3.63) is 52.3 Å². The molecule has 1 aliphatic heterocycles. The second-order valence-electron chi connectivity index (χ2n) is 6.99. The van der Waals surface area contributed by atoms with Crippen LogP contribution in [0.1, 0.15) is 31.4 Å². The predicted octanol–water partition coefficient (Wildman–Crippen LogP) is 2.15. The molecule has 0 unspecified atom stereocenters. The number of aromatic nitrogens is 2. The molecule has 2 N–H and O–H groups in total. The van der Waals surface area contributed by atoms with Crippen LogP contribution in [-0.4, -0.2) is 40.3 Å². The molecule has 0 bridgehead atoms. The fraction of sp³-hybridized carbons (Fsp3) is 0.474. The highest BCUT2D eigenvalue weighted by atomic mass is 16.1. The molecule has 2 fully saturated rings. The minimum Gasteiger partial charge on any atom is -0.314 e. The fourth-order valence-corrected chi connectivity index (χ4v) is 4.15. The summed E-state index contributed by atoms with van der Waals surface area (Å²) in [6.45, 7) is 3.66. The Bertz CT molecular complexity index is 749. The van der Waals surface area contributed by atoms with E-state index in [0.29, 0.717) is 12.2 Å². The Morgan fingerprint density at radius 2 is 1.96 bits per heavy atom. The van der Waals surface area contributed by atoms with E-state index >= 15 is 0 Å². The van der Waals surface area contributed by atoms with Gasteiger partial charge in [0.15, 0.2) is 0 Å².